The number of rotatable bonds is 6. The highest BCUT2D eigenvalue weighted by Gasteiger charge is 2.11. The molecule has 0 saturated heterocycles. The van der Waals surface area contributed by atoms with Crippen molar-refractivity contribution in [3.8, 4) is 5.82 Å². The topological polar surface area (TPSA) is 55.6 Å². The van der Waals surface area contributed by atoms with Gasteiger partial charge in [0.25, 0.3) is 0 Å². The van der Waals surface area contributed by atoms with Crippen LogP contribution >= 0.6 is 0 Å². The van der Waals surface area contributed by atoms with Gasteiger partial charge < -0.3 is 5.32 Å². The second-order valence-electron chi connectivity index (χ2n) is 4.82. The molecule has 0 aliphatic carbocycles. The molecule has 0 aliphatic rings. The number of aromatic nitrogens is 4. The lowest BCUT2D eigenvalue weighted by Gasteiger charge is -2.08. The highest BCUT2D eigenvalue weighted by molar-refractivity contribution is 5.31. The molecule has 0 radical (unpaired) electrons. The smallest absolute Gasteiger partial charge is 0.156 e. The summed E-state index contributed by atoms with van der Waals surface area (Å²) in [6, 6.07) is 4.19. The molecule has 5 nitrogen and oxygen atoms in total. The molecule has 0 atom stereocenters. The molecule has 0 aromatic carbocycles. The lowest BCUT2D eigenvalue weighted by Crippen LogP contribution is -2.13. The van der Waals surface area contributed by atoms with Gasteiger partial charge in [-0.3, -0.25) is 0 Å². The number of aryl methyl sites for hydroxylation is 3. The molecule has 2 heterocycles. The number of hydrogen-bond acceptors (Lipinski definition) is 4. The molecule has 2 rings (SSSR count). The molecule has 2 aromatic heterocycles. The third-order valence-corrected chi connectivity index (χ3v) is 3.15. The van der Waals surface area contributed by atoms with E-state index in [4.69, 9.17) is 0 Å². The summed E-state index contributed by atoms with van der Waals surface area (Å²) in [5.74, 6) is 2.70. The zero-order valence-corrected chi connectivity index (χ0v) is 12.8. The molecule has 0 amide bonds. The van der Waals surface area contributed by atoms with E-state index in [2.05, 4.69) is 53.3 Å². The summed E-state index contributed by atoms with van der Waals surface area (Å²) in [4.78, 5) is 9.14. The van der Waals surface area contributed by atoms with Crippen LogP contribution in [0.4, 0.5) is 0 Å². The van der Waals surface area contributed by atoms with Gasteiger partial charge in [0.15, 0.2) is 11.6 Å². The molecule has 5 heteroatoms. The van der Waals surface area contributed by atoms with Crippen LogP contribution in [0.2, 0.25) is 0 Å². The molecule has 20 heavy (non-hydrogen) atoms. The third-order valence-electron chi connectivity index (χ3n) is 3.15. The van der Waals surface area contributed by atoms with Gasteiger partial charge in [0, 0.05) is 25.1 Å². The summed E-state index contributed by atoms with van der Waals surface area (Å²) in [5, 5.41) is 7.90. The lowest BCUT2D eigenvalue weighted by atomic mass is 10.2. The Morgan fingerprint density at radius 1 is 1.10 bits per heavy atom. The van der Waals surface area contributed by atoms with Crippen molar-refractivity contribution in [2.24, 2.45) is 0 Å². The zero-order valence-electron chi connectivity index (χ0n) is 12.8. The molecule has 0 bridgehead atoms. The monoisotopic (exact) mass is 273 g/mol. The first kappa shape index (κ1) is 14.7. The van der Waals surface area contributed by atoms with Crippen LogP contribution in [0.3, 0.4) is 0 Å². The minimum Gasteiger partial charge on any atom is -0.313 e. The fraction of sp³-hybridized carbons (Fsp3) is 0.533. The molecule has 0 fully saturated rings. The van der Waals surface area contributed by atoms with Crippen molar-refractivity contribution < 1.29 is 0 Å². The average Bonchev–Trinajstić information content (AvgIpc) is 2.88. The van der Waals surface area contributed by atoms with Crippen LogP contribution in [0, 0.1) is 6.92 Å². The van der Waals surface area contributed by atoms with Gasteiger partial charge in [-0.25, -0.2) is 9.97 Å². The van der Waals surface area contributed by atoms with Gasteiger partial charge in [0.1, 0.15) is 5.82 Å². The van der Waals surface area contributed by atoms with E-state index >= 15 is 0 Å². The average molecular weight is 273 g/mol. The van der Waals surface area contributed by atoms with Gasteiger partial charge in [0.05, 0.1) is 0 Å². The molecule has 108 valence electrons. The Balaban J connectivity index is 2.40. The zero-order chi connectivity index (χ0) is 14.5. The molecule has 0 saturated carbocycles. The van der Waals surface area contributed by atoms with Gasteiger partial charge in [-0.2, -0.15) is 4.68 Å². The summed E-state index contributed by atoms with van der Waals surface area (Å²) in [5.41, 5.74) is 2.23. The Morgan fingerprint density at radius 3 is 2.55 bits per heavy atom. The molecule has 2 aromatic rings. The van der Waals surface area contributed by atoms with E-state index in [-0.39, 0.29) is 0 Å². The van der Waals surface area contributed by atoms with Crippen molar-refractivity contribution in [1.29, 1.82) is 0 Å². The van der Waals surface area contributed by atoms with E-state index in [0.29, 0.717) is 0 Å². The van der Waals surface area contributed by atoms with E-state index in [1.54, 1.807) is 0 Å². The fourth-order valence-electron chi connectivity index (χ4n) is 2.15. The largest absolute Gasteiger partial charge is 0.313 e. The van der Waals surface area contributed by atoms with Gasteiger partial charge in [-0.15, -0.1) is 5.10 Å². The van der Waals surface area contributed by atoms with Crippen LogP contribution in [0.25, 0.3) is 5.82 Å². The van der Waals surface area contributed by atoms with Crippen molar-refractivity contribution in [3.05, 3.63) is 35.0 Å². The van der Waals surface area contributed by atoms with Crippen LogP contribution in [-0.2, 0) is 19.4 Å². The van der Waals surface area contributed by atoms with Crippen molar-refractivity contribution in [3.63, 3.8) is 0 Å². The highest BCUT2D eigenvalue weighted by atomic mass is 15.4. The van der Waals surface area contributed by atoms with Gasteiger partial charge in [0.2, 0.25) is 0 Å². The summed E-state index contributed by atoms with van der Waals surface area (Å²) < 4.78 is 1.88. The normalized spacial score (nSPS) is 11.0. The van der Waals surface area contributed by atoms with E-state index in [0.717, 1.165) is 49.1 Å². The minimum atomic E-state index is 0.843. The Bertz CT molecular complexity index is 574. The van der Waals surface area contributed by atoms with E-state index in [9.17, 15) is 0 Å². The number of pyridine rings is 1. The van der Waals surface area contributed by atoms with Crippen molar-refractivity contribution >= 4 is 0 Å². The number of nitrogens with one attached hydrogen (secondary N) is 1. The SMILES string of the molecule is CCNCc1cc(C)nc(-n2nc(CC)nc2CC)c1. The van der Waals surface area contributed by atoms with Crippen LogP contribution < -0.4 is 5.32 Å². The summed E-state index contributed by atoms with van der Waals surface area (Å²) in [6.45, 7) is 10.1. The Kier molecular flexibility index (Phi) is 4.84. The first-order valence-corrected chi connectivity index (χ1v) is 7.31. The maximum atomic E-state index is 4.60. The second-order valence-corrected chi connectivity index (χ2v) is 4.82. The third kappa shape index (κ3) is 3.22. The Labute approximate surface area is 120 Å². The summed E-state index contributed by atoms with van der Waals surface area (Å²) >= 11 is 0. The predicted molar refractivity (Wildman–Crippen MR) is 80.0 cm³/mol. The Morgan fingerprint density at radius 2 is 1.90 bits per heavy atom. The van der Waals surface area contributed by atoms with Crippen molar-refractivity contribution in [2.45, 2.75) is 47.1 Å². The van der Waals surface area contributed by atoms with Crippen LogP contribution in [-0.4, -0.2) is 26.3 Å². The summed E-state index contributed by atoms with van der Waals surface area (Å²) in [7, 11) is 0. The highest BCUT2D eigenvalue weighted by Crippen LogP contribution is 2.13. The van der Waals surface area contributed by atoms with Crippen molar-refractivity contribution in [1.82, 2.24) is 25.1 Å². The van der Waals surface area contributed by atoms with Crippen LogP contribution in [0.1, 0.15) is 43.7 Å². The standard InChI is InChI=1S/C15H23N5/c1-5-13-18-14(6-2)20(19-13)15-9-12(10-16-7-3)8-11(4)17-15/h8-9,16H,5-7,10H2,1-4H3. The molecular formula is C15H23N5. The molecule has 0 unspecified atom stereocenters. The molecule has 1 N–H and O–H groups in total. The van der Waals surface area contributed by atoms with E-state index in [1.165, 1.54) is 5.56 Å². The van der Waals surface area contributed by atoms with Crippen molar-refractivity contribution in [2.75, 3.05) is 6.54 Å². The van der Waals surface area contributed by atoms with E-state index < -0.39 is 0 Å². The number of hydrogen-bond donors (Lipinski definition) is 1. The first-order valence-electron chi connectivity index (χ1n) is 7.31. The van der Waals surface area contributed by atoms with Crippen LogP contribution in [0.5, 0.6) is 0 Å². The quantitative estimate of drug-likeness (QED) is 0.876. The maximum absolute atomic E-state index is 4.60. The Hall–Kier alpha value is -1.75. The first-order chi connectivity index (χ1) is 9.67. The fourth-order valence-corrected chi connectivity index (χ4v) is 2.15. The van der Waals surface area contributed by atoms with Crippen LogP contribution in [0.15, 0.2) is 12.1 Å². The lowest BCUT2D eigenvalue weighted by molar-refractivity contribution is 0.717. The molecule has 0 spiro atoms. The maximum Gasteiger partial charge on any atom is 0.156 e. The minimum absolute atomic E-state index is 0.843. The second kappa shape index (κ2) is 6.61. The van der Waals surface area contributed by atoms with Gasteiger partial charge in [-0.05, 0) is 31.2 Å². The number of nitrogens with zero attached hydrogens (tertiary/aromatic N) is 4. The van der Waals surface area contributed by atoms with E-state index in [1.807, 2.05) is 11.6 Å². The molecule has 0 aliphatic heterocycles. The van der Waals surface area contributed by atoms with Gasteiger partial charge >= 0.3 is 0 Å². The van der Waals surface area contributed by atoms with Gasteiger partial charge in [-0.1, -0.05) is 20.8 Å². The summed E-state index contributed by atoms with van der Waals surface area (Å²) in [6.07, 6.45) is 1.70. The predicted octanol–water partition coefficient (Wildman–Crippen LogP) is 2.21. The molecular weight excluding hydrogens is 250 g/mol.